The summed E-state index contributed by atoms with van der Waals surface area (Å²) >= 11 is 6.01. The van der Waals surface area contributed by atoms with Crippen LogP contribution in [0.4, 0.5) is 0 Å². The highest BCUT2D eigenvalue weighted by atomic mass is 35.5. The lowest BCUT2D eigenvalue weighted by atomic mass is 9.88. The summed E-state index contributed by atoms with van der Waals surface area (Å²) in [4.78, 5) is 16.7. The van der Waals surface area contributed by atoms with Gasteiger partial charge in [0.1, 0.15) is 12.2 Å². The van der Waals surface area contributed by atoms with Gasteiger partial charge in [-0.25, -0.2) is 4.98 Å². The highest BCUT2D eigenvalue weighted by Crippen LogP contribution is 2.28. The van der Waals surface area contributed by atoms with Gasteiger partial charge in [-0.05, 0) is 23.3 Å². The van der Waals surface area contributed by atoms with Crippen molar-refractivity contribution in [2.45, 2.75) is 18.8 Å². The molecule has 3 rings (SSSR count). The summed E-state index contributed by atoms with van der Waals surface area (Å²) in [6.45, 7) is 0.535. The highest BCUT2D eigenvalue weighted by Gasteiger charge is 2.18. The Balaban J connectivity index is 1.66. The Morgan fingerprint density at radius 1 is 1.12 bits per heavy atom. The van der Waals surface area contributed by atoms with E-state index in [0.29, 0.717) is 24.4 Å². The number of aromatic nitrogens is 3. The smallest absolute Gasteiger partial charge is 0.220 e. The molecule has 0 bridgehead atoms. The molecule has 0 radical (unpaired) electrons. The zero-order chi connectivity index (χ0) is 18.4. The van der Waals surface area contributed by atoms with E-state index in [2.05, 4.69) is 15.4 Å². The summed E-state index contributed by atoms with van der Waals surface area (Å²) in [5, 5.41) is 7.70. The van der Waals surface area contributed by atoms with Crippen LogP contribution in [0.5, 0.6) is 0 Å². The van der Waals surface area contributed by atoms with Crippen molar-refractivity contribution in [1.29, 1.82) is 0 Å². The number of nitrogens with one attached hydrogen (secondary N) is 1. The van der Waals surface area contributed by atoms with Gasteiger partial charge in [0.2, 0.25) is 5.91 Å². The number of carbonyl (C=O) groups is 1. The molecule has 0 spiro atoms. The lowest BCUT2D eigenvalue weighted by Gasteiger charge is -2.18. The largest absolute Gasteiger partial charge is 0.356 e. The second kappa shape index (κ2) is 8.63. The second-order valence-corrected chi connectivity index (χ2v) is 6.56. The van der Waals surface area contributed by atoms with Crippen LogP contribution < -0.4 is 5.32 Å². The average Bonchev–Trinajstić information content (AvgIpc) is 3.06. The van der Waals surface area contributed by atoms with Crippen LogP contribution in [0.1, 0.15) is 29.3 Å². The number of nitrogens with zero attached hydrogens (tertiary/aromatic N) is 3. The van der Waals surface area contributed by atoms with Crippen LogP contribution in [0.2, 0.25) is 5.02 Å². The van der Waals surface area contributed by atoms with E-state index in [0.717, 1.165) is 17.0 Å². The number of carbonyl (C=O) groups excluding carboxylic acids is 1. The Labute approximate surface area is 158 Å². The molecule has 0 saturated carbocycles. The number of hydrogen-bond acceptors (Lipinski definition) is 3. The monoisotopic (exact) mass is 368 g/mol. The summed E-state index contributed by atoms with van der Waals surface area (Å²) in [7, 11) is 1.84. The van der Waals surface area contributed by atoms with E-state index in [1.54, 1.807) is 4.68 Å². The quantitative estimate of drug-likeness (QED) is 0.695. The van der Waals surface area contributed by atoms with Crippen molar-refractivity contribution < 1.29 is 4.79 Å². The average molecular weight is 369 g/mol. The maximum atomic E-state index is 12.5. The van der Waals surface area contributed by atoms with Gasteiger partial charge in [0.15, 0.2) is 0 Å². The third-order valence-corrected chi connectivity index (χ3v) is 4.59. The maximum absolute atomic E-state index is 12.5. The molecule has 1 atom stereocenters. The summed E-state index contributed by atoms with van der Waals surface area (Å²) < 4.78 is 1.71. The van der Waals surface area contributed by atoms with E-state index < -0.39 is 0 Å². The van der Waals surface area contributed by atoms with E-state index >= 15 is 0 Å². The first-order chi connectivity index (χ1) is 12.6. The maximum Gasteiger partial charge on any atom is 0.220 e. The van der Waals surface area contributed by atoms with Crippen molar-refractivity contribution in [2.75, 3.05) is 6.54 Å². The molecule has 1 N–H and O–H groups in total. The fourth-order valence-corrected chi connectivity index (χ4v) is 3.05. The van der Waals surface area contributed by atoms with Crippen molar-refractivity contribution in [3.05, 3.63) is 82.9 Å². The van der Waals surface area contributed by atoms with Crippen LogP contribution in [0.15, 0.2) is 60.9 Å². The standard InChI is InChI=1S/C20H21ClN4O/c1-25-19(23-14-24-25)11-12-22-20(26)13-18(15-5-3-2-4-6-15)16-7-9-17(21)10-8-16/h2-10,14,18H,11-13H2,1H3,(H,22,26)/t18-/m0/s1. The summed E-state index contributed by atoms with van der Waals surface area (Å²) in [5.74, 6) is 0.849. The fourth-order valence-electron chi connectivity index (χ4n) is 2.93. The minimum Gasteiger partial charge on any atom is -0.356 e. The van der Waals surface area contributed by atoms with E-state index in [9.17, 15) is 4.79 Å². The molecule has 0 aliphatic heterocycles. The molecule has 2 aromatic carbocycles. The molecular formula is C20H21ClN4O. The van der Waals surface area contributed by atoms with E-state index in [1.165, 1.54) is 6.33 Å². The molecule has 3 aromatic rings. The molecule has 1 amide bonds. The van der Waals surface area contributed by atoms with Gasteiger partial charge >= 0.3 is 0 Å². The molecule has 0 aliphatic carbocycles. The second-order valence-electron chi connectivity index (χ2n) is 6.12. The van der Waals surface area contributed by atoms with E-state index in [-0.39, 0.29) is 11.8 Å². The summed E-state index contributed by atoms with van der Waals surface area (Å²) in [5.41, 5.74) is 2.18. The van der Waals surface area contributed by atoms with Crippen molar-refractivity contribution in [3.63, 3.8) is 0 Å². The molecule has 0 saturated heterocycles. The fraction of sp³-hybridized carbons (Fsp3) is 0.250. The lowest BCUT2D eigenvalue weighted by molar-refractivity contribution is -0.121. The Bertz CT molecular complexity index is 846. The first-order valence-electron chi connectivity index (χ1n) is 8.53. The molecule has 6 heteroatoms. The Kier molecular flexibility index (Phi) is 6.02. The number of aryl methyl sites for hydroxylation is 1. The SMILES string of the molecule is Cn1ncnc1CCNC(=O)C[C@@H](c1ccccc1)c1ccc(Cl)cc1. The number of halogens is 1. The number of hydrogen-bond donors (Lipinski definition) is 1. The molecule has 1 heterocycles. The predicted octanol–water partition coefficient (Wildman–Crippen LogP) is 3.35. The highest BCUT2D eigenvalue weighted by molar-refractivity contribution is 6.30. The summed E-state index contributed by atoms with van der Waals surface area (Å²) in [6, 6.07) is 17.7. The summed E-state index contributed by atoms with van der Waals surface area (Å²) in [6.07, 6.45) is 2.55. The Hall–Kier alpha value is -2.66. The molecule has 5 nitrogen and oxygen atoms in total. The van der Waals surface area contributed by atoms with Crippen LogP contribution in [0.25, 0.3) is 0 Å². The van der Waals surface area contributed by atoms with Crippen LogP contribution in [0, 0.1) is 0 Å². The van der Waals surface area contributed by atoms with Crippen LogP contribution in [-0.2, 0) is 18.3 Å². The van der Waals surface area contributed by atoms with Gasteiger partial charge in [-0.3, -0.25) is 9.48 Å². The molecule has 0 unspecified atom stereocenters. The van der Waals surface area contributed by atoms with Gasteiger partial charge in [-0.15, -0.1) is 0 Å². The third kappa shape index (κ3) is 4.70. The minimum absolute atomic E-state index is 0.0102. The van der Waals surface area contributed by atoms with Crippen LogP contribution >= 0.6 is 11.6 Å². The van der Waals surface area contributed by atoms with E-state index in [1.807, 2.05) is 61.6 Å². The lowest BCUT2D eigenvalue weighted by Crippen LogP contribution is -2.28. The van der Waals surface area contributed by atoms with Crippen LogP contribution in [0.3, 0.4) is 0 Å². The number of benzene rings is 2. The molecule has 26 heavy (non-hydrogen) atoms. The van der Waals surface area contributed by atoms with E-state index in [4.69, 9.17) is 11.6 Å². The van der Waals surface area contributed by atoms with Crippen LogP contribution in [-0.4, -0.2) is 27.2 Å². The van der Waals surface area contributed by atoms with Gasteiger partial charge in [-0.2, -0.15) is 5.10 Å². The first kappa shape index (κ1) is 18.1. The molecule has 0 aliphatic rings. The normalized spacial score (nSPS) is 11.9. The topological polar surface area (TPSA) is 59.8 Å². The Morgan fingerprint density at radius 3 is 2.46 bits per heavy atom. The zero-order valence-corrected chi connectivity index (χ0v) is 15.4. The number of rotatable bonds is 7. The van der Waals surface area contributed by atoms with Crippen molar-refractivity contribution in [3.8, 4) is 0 Å². The number of amides is 1. The molecule has 134 valence electrons. The van der Waals surface area contributed by atoms with Gasteiger partial charge in [0.05, 0.1) is 0 Å². The first-order valence-corrected chi connectivity index (χ1v) is 8.91. The molecular weight excluding hydrogens is 348 g/mol. The van der Waals surface area contributed by atoms with Gasteiger partial charge in [-0.1, -0.05) is 54.1 Å². The zero-order valence-electron chi connectivity index (χ0n) is 14.6. The van der Waals surface area contributed by atoms with Gasteiger partial charge in [0.25, 0.3) is 0 Å². The molecule has 0 fully saturated rings. The van der Waals surface area contributed by atoms with Crippen molar-refractivity contribution in [2.24, 2.45) is 7.05 Å². The van der Waals surface area contributed by atoms with Gasteiger partial charge in [0, 0.05) is 37.4 Å². The minimum atomic E-state index is -0.0108. The predicted molar refractivity (Wildman–Crippen MR) is 102 cm³/mol. The van der Waals surface area contributed by atoms with Crippen molar-refractivity contribution >= 4 is 17.5 Å². The Morgan fingerprint density at radius 2 is 1.81 bits per heavy atom. The van der Waals surface area contributed by atoms with Gasteiger partial charge < -0.3 is 5.32 Å². The van der Waals surface area contributed by atoms with Crippen molar-refractivity contribution in [1.82, 2.24) is 20.1 Å². The third-order valence-electron chi connectivity index (χ3n) is 4.34. The molecule has 1 aromatic heterocycles.